The van der Waals surface area contributed by atoms with Crippen LogP contribution in [-0.2, 0) is 22.4 Å². The average Bonchev–Trinajstić information content (AvgIpc) is 3.20. The molecular formula is C29H43N5O4. The van der Waals surface area contributed by atoms with Crippen LogP contribution in [0.15, 0.2) is 48.5 Å². The third-order valence-corrected chi connectivity index (χ3v) is 5.88. The number of hydrogen-bond donors (Lipinski definition) is 3. The number of amides is 2. The molecule has 1 aromatic carbocycles. The lowest BCUT2D eigenvalue weighted by molar-refractivity contribution is 0.0285. The van der Waals surface area contributed by atoms with E-state index in [1.54, 1.807) is 11.0 Å². The molecule has 1 aliphatic rings. The minimum Gasteiger partial charge on any atom is -0.444 e. The predicted molar refractivity (Wildman–Crippen MR) is 149 cm³/mol. The van der Waals surface area contributed by atoms with Crippen LogP contribution in [0.5, 0.6) is 0 Å². The Balaban J connectivity index is 1.60. The molecule has 0 radical (unpaired) electrons. The molecule has 0 bridgehead atoms. The Hall–Kier alpha value is -3.17. The molecule has 0 unspecified atom stereocenters. The minimum absolute atomic E-state index is 0.0883. The van der Waals surface area contributed by atoms with Crippen molar-refractivity contribution in [2.45, 2.75) is 71.8 Å². The Morgan fingerprint density at radius 2 is 1.63 bits per heavy atom. The molecule has 1 aliphatic heterocycles. The highest BCUT2D eigenvalue weighted by Crippen LogP contribution is 2.24. The zero-order chi connectivity index (χ0) is 27.8. The number of nitrogens with one attached hydrogen (secondary N) is 3. The first kappa shape index (κ1) is 29.4. The summed E-state index contributed by atoms with van der Waals surface area (Å²) in [6.07, 6.45) is -0.193. The Morgan fingerprint density at radius 1 is 0.921 bits per heavy atom. The third kappa shape index (κ3) is 10.3. The highest BCUT2D eigenvalue weighted by Gasteiger charge is 2.37. The summed E-state index contributed by atoms with van der Waals surface area (Å²) >= 11 is 0. The van der Waals surface area contributed by atoms with Crippen LogP contribution < -0.4 is 16.0 Å². The van der Waals surface area contributed by atoms with E-state index in [2.05, 4.69) is 33.1 Å². The second kappa shape index (κ2) is 13.1. The van der Waals surface area contributed by atoms with Crippen LogP contribution in [-0.4, -0.2) is 65.5 Å². The van der Waals surface area contributed by atoms with Crippen molar-refractivity contribution in [2.24, 2.45) is 5.92 Å². The van der Waals surface area contributed by atoms with Gasteiger partial charge in [-0.25, -0.2) is 14.6 Å². The number of nitrogens with zero attached hydrogens (tertiary/aromatic N) is 2. The molecule has 9 heteroatoms. The van der Waals surface area contributed by atoms with E-state index in [-0.39, 0.29) is 18.1 Å². The highest BCUT2D eigenvalue weighted by atomic mass is 16.6. The van der Waals surface area contributed by atoms with Gasteiger partial charge in [0.15, 0.2) is 0 Å². The molecule has 2 atom stereocenters. The number of aromatic nitrogens is 1. The van der Waals surface area contributed by atoms with Crippen molar-refractivity contribution in [3.63, 3.8) is 0 Å². The van der Waals surface area contributed by atoms with E-state index >= 15 is 0 Å². The van der Waals surface area contributed by atoms with E-state index in [0.29, 0.717) is 25.3 Å². The molecule has 3 N–H and O–H groups in total. The number of carbonyl (C=O) groups is 2. The number of anilines is 1. The highest BCUT2D eigenvalue weighted by molar-refractivity contribution is 5.83. The van der Waals surface area contributed by atoms with E-state index in [1.165, 1.54) is 5.56 Å². The van der Waals surface area contributed by atoms with Crippen molar-refractivity contribution in [2.75, 3.05) is 31.5 Å². The van der Waals surface area contributed by atoms with E-state index in [9.17, 15) is 9.59 Å². The van der Waals surface area contributed by atoms with Gasteiger partial charge in [0.05, 0.1) is 0 Å². The molecule has 38 heavy (non-hydrogen) atoms. The molecule has 2 heterocycles. The summed E-state index contributed by atoms with van der Waals surface area (Å²) in [4.78, 5) is 31.4. The summed E-state index contributed by atoms with van der Waals surface area (Å²) in [6.45, 7) is 14.6. The summed E-state index contributed by atoms with van der Waals surface area (Å²) < 4.78 is 11.0. The summed E-state index contributed by atoms with van der Waals surface area (Å²) in [5, 5.41) is 9.80. The van der Waals surface area contributed by atoms with Gasteiger partial charge < -0.3 is 25.0 Å². The predicted octanol–water partition coefficient (Wildman–Crippen LogP) is 4.59. The van der Waals surface area contributed by atoms with Crippen molar-refractivity contribution in [3.05, 3.63) is 59.8 Å². The van der Waals surface area contributed by atoms with Crippen LogP contribution >= 0.6 is 0 Å². The molecule has 0 saturated carbocycles. The van der Waals surface area contributed by atoms with Crippen LogP contribution in [0.4, 0.5) is 15.4 Å². The zero-order valence-electron chi connectivity index (χ0n) is 23.5. The normalized spacial score (nSPS) is 17.8. The summed E-state index contributed by atoms with van der Waals surface area (Å²) in [5.41, 5.74) is 0.936. The largest absolute Gasteiger partial charge is 0.444 e. The van der Waals surface area contributed by atoms with Gasteiger partial charge in [-0.2, -0.15) is 0 Å². The van der Waals surface area contributed by atoms with E-state index < -0.39 is 17.3 Å². The fourth-order valence-electron chi connectivity index (χ4n) is 4.30. The third-order valence-electron chi connectivity index (χ3n) is 5.88. The Bertz CT molecular complexity index is 1050. The molecule has 0 aliphatic carbocycles. The number of likely N-dealkylation sites (tertiary alicyclic amines) is 1. The van der Waals surface area contributed by atoms with Crippen molar-refractivity contribution in [3.8, 4) is 0 Å². The number of benzene rings is 1. The van der Waals surface area contributed by atoms with Crippen LogP contribution in [0.3, 0.4) is 0 Å². The molecule has 208 valence electrons. The van der Waals surface area contributed by atoms with Crippen LogP contribution in [0.2, 0.25) is 0 Å². The molecule has 2 amide bonds. The zero-order valence-corrected chi connectivity index (χ0v) is 23.5. The SMILES string of the molecule is CC(C)(C)OC(=O)Nc1cccc(C[C@H]2CN(C(=O)OC(C)(C)C)C[C@H]2NCCNCc2ccccc2)n1. The second-order valence-corrected chi connectivity index (χ2v) is 11.7. The molecular weight excluding hydrogens is 482 g/mol. The van der Waals surface area contributed by atoms with Crippen molar-refractivity contribution in [1.29, 1.82) is 0 Å². The van der Waals surface area contributed by atoms with Crippen LogP contribution in [0, 0.1) is 5.92 Å². The maximum Gasteiger partial charge on any atom is 0.413 e. The maximum atomic E-state index is 12.8. The van der Waals surface area contributed by atoms with Gasteiger partial charge in [-0.05, 0) is 71.6 Å². The quantitative estimate of drug-likeness (QED) is 0.412. The molecule has 1 saturated heterocycles. The molecule has 3 rings (SSSR count). The number of hydrogen-bond acceptors (Lipinski definition) is 7. The molecule has 1 aromatic heterocycles. The van der Waals surface area contributed by atoms with Gasteiger partial charge in [0.25, 0.3) is 0 Å². The van der Waals surface area contributed by atoms with Gasteiger partial charge in [-0.1, -0.05) is 36.4 Å². The Morgan fingerprint density at radius 3 is 2.32 bits per heavy atom. The smallest absolute Gasteiger partial charge is 0.413 e. The van der Waals surface area contributed by atoms with Gasteiger partial charge >= 0.3 is 12.2 Å². The molecule has 0 spiro atoms. The minimum atomic E-state index is -0.592. The fourth-order valence-corrected chi connectivity index (χ4v) is 4.30. The van der Waals surface area contributed by atoms with Crippen molar-refractivity contribution >= 4 is 18.0 Å². The standard InChI is InChI=1S/C29H43N5O4/c1-28(2,3)37-26(35)33-25-14-10-13-23(32-25)17-22-19-34(27(36)38-29(4,5)6)20-24(22)31-16-15-30-18-21-11-8-7-9-12-21/h7-14,22,24,30-31H,15-20H2,1-6H3,(H,32,33,35)/t22-,24+/m0/s1. The lowest BCUT2D eigenvalue weighted by atomic mass is 9.97. The van der Waals surface area contributed by atoms with Gasteiger partial charge in [0, 0.05) is 44.5 Å². The summed E-state index contributed by atoms with van der Waals surface area (Å²) in [7, 11) is 0. The van der Waals surface area contributed by atoms with E-state index in [0.717, 1.165) is 25.3 Å². The van der Waals surface area contributed by atoms with Gasteiger partial charge in [0.2, 0.25) is 0 Å². The summed E-state index contributed by atoms with van der Waals surface area (Å²) in [5.74, 6) is 0.578. The number of carbonyl (C=O) groups excluding carboxylic acids is 2. The van der Waals surface area contributed by atoms with Crippen LogP contribution in [0.1, 0.15) is 52.8 Å². The first-order valence-electron chi connectivity index (χ1n) is 13.3. The van der Waals surface area contributed by atoms with Crippen molar-refractivity contribution in [1.82, 2.24) is 20.5 Å². The maximum absolute atomic E-state index is 12.8. The number of pyridine rings is 1. The van der Waals surface area contributed by atoms with E-state index in [4.69, 9.17) is 9.47 Å². The molecule has 2 aromatic rings. The Labute approximate surface area is 226 Å². The monoisotopic (exact) mass is 525 g/mol. The van der Waals surface area contributed by atoms with Gasteiger partial charge in [0.1, 0.15) is 17.0 Å². The molecule has 9 nitrogen and oxygen atoms in total. The second-order valence-electron chi connectivity index (χ2n) is 11.7. The molecule has 1 fully saturated rings. The first-order valence-corrected chi connectivity index (χ1v) is 13.3. The lowest BCUT2D eigenvalue weighted by Crippen LogP contribution is -2.41. The first-order chi connectivity index (χ1) is 17.9. The van der Waals surface area contributed by atoms with Gasteiger partial charge in [-0.15, -0.1) is 0 Å². The summed E-state index contributed by atoms with van der Waals surface area (Å²) in [6, 6.07) is 15.9. The lowest BCUT2D eigenvalue weighted by Gasteiger charge is -2.24. The van der Waals surface area contributed by atoms with Crippen molar-refractivity contribution < 1.29 is 19.1 Å². The van der Waals surface area contributed by atoms with E-state index in [1.807, 2.05) is 71.9 Å². The van der Waals surface area contributed by atoms with Crippen LogP contribution in [0.25, 0.3) is 0 Å². The van der Waals surface area contributed by atoms with Gasteiger partial charge in [-0.3, -0.25) is 5.32 Å². The topological polar surface area (TPSA) is 105 Å². The number of rotatable bonds is 9. The Kier molecular flexibility index (Phi) is 10.1. The number of ether oxygens (including phenoxy) is 2. The fraction of sp³-hybridized carbons (Fsp3) is 0.552. The average molecular weight is 526 g/mol.